The van der Waals surface area contributed by atoms with E-state index in [0.717, 1.165) is 5.56 Å². The van der Waals surface area contributed by atoms with Gasteiger partial charge in [-0.1, -0.05) is 42.4 Å². The number of rotatable bonds is 10. The van der Waals surface area contributed by atoms with E-state index in [2.05, 4.69) is 10.0 Å². The lowest BCUT2D eigenvalue weighted by molar-refractivity contribution is -0.258. The Morgan fingerprint density at radius 3 is 2.55 bits per heavy atom. The topological polar surface area (TPSA) is 112 Å². The number of nitrogens with zero attached hydrogens (tertiary/aromatic N) is 3. The van der Waals surface area contributed by atoms with Gasteiger partial charge in [0.15, 0.2) is 6.29 Å². The Labute approximate surface area is 183 Å². The van der Waals surface area contributed by atoms with E-state index in [1.807, 2.05) is 44.2 Å². The van der Waals surface area contributed by atoms with Crippen LogP contribution < -0.4 is 0 Å². The largest absolute Gasteiger partial charge is 0.458 e. The molecule has 0 saturated carbocycles. The van der Waals surface area contributed by atoms with Gasteiger partial charge in [-0.2, -0.15) is 0 Å². The first kappa shape index (κ1) is 25.1. The summed E-state index contributed by atoms with van der Waals surface area (Å²) >= 11 is 0. The average Bonchev–Trinajstić information content (AvgIpc) is 2.70. The van der Waals surface area contributed by atoms with Gasteiger partial charge in [0.2, 0.25) is 0 Å². The van der Waals surface area contributed by atoms with Crippen LogP contribution in [0, 0.1) is 5.92 Å². The van der Waals surface area contributed by atoms with Crippen LogP contribution in [-0.4, -0.2) is 55.9 Å². The first-order chi connectivity index (χ1) is 14.7. The van der Waals surface area contributed by atoms with Crippen molar-refractivity contribution in [3.8, 4) is 0 Å². The smallest absolute Gasteiger partial charge is 0.332 e. The van der Waals surface area contributed by atoms with Crippen LogP contribution in [-0.2, 0) is 35.1 Å². The second kappa shape index (κ2) is 12.0. The highest BCUT2D eigenvalue weighted by Crippen LogP contribution is 2.31. The van der Waals surface area contributed by atoms with Gasteiger partial charge >= 0.3 is 5.97 Å². The van der Waals surface area contributed by atoms with Crippen LogP contribution in [0.15, 0.2) is 35.4 Å². The maximum absolute atomic E-state index is 12.2. The summed E-state index contributed by atoms with van der Waals surface area (Å²) < 4.78 is 28.8. The van der Waals surface area contributed by atoms with Gasteiger partial charge in [0, 0.05) is 17.4 Å². The highest BCUT2D eigenvalue weighted by Gasteiger charge is 2.45. The van der Waals surface area contributed by atoms with E-state index in [-0.39, 0.29) is 18.6 Å². The van der Waals surface area contributed by atoms with Crippen LogP contribution in [0.4, 0.5) is 0 Å². The van der Waals surface area contributed by atoms with Gasteiger partial charge in [-0.3, -0.25) is 0 Å². The number of ether oxygens (including phenoxy) is 5. The van der Waals surface area contributed by atoms with Gasteiger partial charge < -0.3 is 23.7 Å². The molecule has 0 amide bonds. The quantitative estimate of drug-likeness (QED) is 0.238. The minimum Gasteiger partial charge on any atom is -0.458 e. The third-order valence-electron chi connectivity index (χ3n) is 4.75. The van der Waals surface area contributed by atoms with Crippen LogP contribution in [0.3, 0.4) is 0 Å². The van der Waals surface area contributed by atoms with E-state index in [1.165, 1.54) is 0 Å². The fourth-order valence-corrected chi connectivity index (χ4v) is 3.38. The Morgan fingerprint density at radius 1 is 1.23 bits per heavy atom. The van der Waals surface area contributed by atoms with E-state index in [4.69, 9.17) is 29.2 Å². The molecule has 0 bridgehead atoms. The Balaban J connectivity index is 2.07. The number of benzene rings is 1. The van der Waals surface area contributed by atoms with Crippen molar-refractivity contribution in [3.63, 3.8) is 0 Å². The van der Waals surface area contributed by atoms with Crippen molar-refractivity contribution in [2.45, 2.75) is 71.4 Å². The third kappa shape index (κ3) is 8.12. The van der Waals surface area contributed by atoms with Crippen LogP contribution in [0.25, 0.3) is 10.4 Å². The normalized spacial score (nSPS) is 26.2. The van der Waals surface area contributed by atoms with Crippen LogP contribution in [0.5, 0.6) is 0 Å². The minimum atomic E-state index is -0.800. The standard InChI is InChI=1S/C22H33N3O6/c1-6-28-21-19(24-25-23)20(29-14-18(26)31-22(3,4)5)15(2)17(30-21)13-27-12-16-10-8-7-9-11-16/h7-11,15,17,19-21H,6,12-14H2,1-5H3/t15-,17?,19?,20+,21-/m1/s1. The monoisotopic (exact) mass is 435 g/mol. The lowest BCUT2D eigenvalue weighted by atomic mass is 9.89. The predicted octanol–water partition coefficient (Wildman–Crippen LogP) is 4.01. The maximum atomic E-state index is 12.2. The van der Waals surface area contributed by atoms with Crippen molar-refractivity contribution in [2.75, 3.05) is 19.8 Å². The second-order valence-electron chi connectivity index (χ2n) is 8.42. The Bertz CT molecular complexity index is 733. The zero-order valence-corrected chi connectivity index (χ0v) is 18.9. The fraction of sp³-hybridized carbons (Fsp3) is 0.682. The van der Waals surface area contributed by atoms with Crippen molar-refractivity contribution >= 4 is 5.97 Å². The van der Waals surface area contributed by atoms with Gasteiger partial charge in [0.1, 0.15) is 18.2 Å². The average molecular weight is 436 g/mol. The molecule has 0 aromatic heterocycles. The maximum Gasteiger partial charge on any atom is 0.332 e. The molecule has 1 aromatic rings. The summed E-state index contributed by atoms with van der Waals surface area (Å²) in [5.41, 5.74) is 9.48. The summed E-state index contributed by atoms with van der Waals surface area (Å²) in [6.07, 6.45) is -1.76. The molecule has 9 nitrogen and oxygen atoms in total. The molecule has 9 heteroatoms. The van der Waals surface area contributed by atoms with Crippen LogP contribution in [0.1, 0.15) is 40.2 Å². The van der Waals surface area contributed by atoms with Crippen molar-refractivity contribution in [1.29, 1.82) is 0 Å². The van der Waals surface area contributed by atoms with Crippen molar-refractivity contribution in [2.24, 2.45) is 11.0 Å². The molecule has 0 aliphatic carbocycles. The van der Waals surface area contributed by atoms with Gasteiger partial charge in [0.05, 0.1) is 25.4 Å². The summed E-state index contributed by atoms with van der Waals surface area (Å²) in [6, 6.07) is 9.08. The molecule has 5 atom stereocenters. The molecule has 1 aromatic carbocycles. The van der Waals surface area contributed by atoms with E-state index in [9.17, 15) is 4.79 Å². The molecule has 31 heavy (non-hydrogen) atoms. The lowest BCUT2D eigenvalue weighted by Crippen LogP contribution is -2.56. The van der Waals surface area contributed by atoms with Crippen LogP contribution in [0.2, 0.25) is 0 Å². The molecule has 0 spiro atoms. The molecular weight excluding hydrogens is 402 g/mol. The van der Waals surface area contributed by atoms with E-state index in [0.29, 0.717) is 19.8 Å². The number of hydrogen-bond donors (Lipinski definition) is 0. The first-order valence-electron chi connectivity index (χ1n) is 10.5. The second-order valence-corrected chi connectivity index (χ2v) is 8.42. The Morgan fingerprint density at radius 2 is 1.94 bits per heavy atom. The molecule has 2 rings (SSSR count). The van der Waals surface area contributed by atoms with Crippen molar-refractivity contribution < 1.29 is 28.5 Å². The number of azide groups is 1. The van der Waals surface area contributed by atoms with Crippen LogP contribution >= 0.6 is 0 Å². The van der Waals surface area contributed by atoms with Gasteiger partial charge in [-0.05, 0) is 38.8 Å². The molecule has 1 fully saturated rings. The highest BCUT2D eigenvalue weighted by atomic mass is 16.7. The Hall–Kier alpha value is -2.16. The molecule has 1 saturated heterocycles. The SMILES string of the molecule is CCO[C@@H]1OC(COCc2ccccc2)[C@@H](C)[C@H](OCC(=O)OC(C)(C)C)C1N=[N+]=[N-]. The number of esters is 1. The first-order valence-corrected chi connectivity index (χ1v) is 10.5. The fourth-order valence-electron chi connectivity index (χ4n) is 3.38. The molecular formula is C22H33N3O6. The van der Waals surface area contributed by atoms with Gasteiger partial charge in [0.25, 0.3) is 0 Å². The van der Waals surface area contributed by atoms with E-state index in [1.54, 1.807) is 20.8 Å². The summed E-state index contributed by atoms with van der Waals surface area (Å²) in [4.78, 5) is 15.1. The third-order valence-corrected chi connectivity index (χ3v) is 4.75. The molecule has 2 unspecified atom stereocenters. The van der Waals surface area contributed by atoms with Gasteiger partial charge in [-0.15, -0.1) is 0 Å². The molecule has 1 heterocycles. The van der Waals surface area contributed by atoms with Gasteiger partial charge in [-0.25, -0.2) is 4.79 Å². The summed E-state index contributed by atoms with van der Waals surface area (Å²) in [5.74, 6) is -0.707. The van der Waals surface area contributed by atoms with Crippen molar-refractivity contribution in [1.82, 2.24) is 0 Å². The van der Waals surface area contributed by atoms with Crippen molar-refractivity contribution in [3.05, 3.63) is 46.3 Å². The molecule has 1 aliphatic rings. The Kier molecular flexibility index (Phi) is 9.74. The number of hydrogen-bond acceptors (Lipinski definition) is 7. The zero-order valence-electron chi connectivity index (χ0n) is 18.9. The molecule has 172 valence electrons. The molecule has 0 N–H and O–H groups in total. The summed E-state index contributed by atoms with van der Waals surface area (Å²) in [5, 5.41) is 3.84. The zero-order chi connectivity index (χ0) is 22.9. The number of carbonyl (C=O) groups is 1. The minimum absolute atomic E-state index is 0.217. The highest BCUT2D eigenvalue weighted by molar-refractivity contribution is 5.71. The summed E-state index contributed by atoms with van der Waals surface area (Å²) in [6.45, 7) is 9.95. The van der Waals surface area contributed by atoms with E-state index >= 15 is 0 Å². The molecule has 0 radical (unpaired) electrons. The predicted molar refractivity (Wildman–Crippen MR) is 114 cm³/mol. The molecule has 1 aliphatic heterocycles. The van der Waals surface area contributed by atoms with E-state index < -0.39 is 30.0 Å². The summed E-state index contributed by atoms with van der Waals surface area (Å²) in [7, 11) is 0. The lowest BCUT2D eigenvalue weighted by Gasteiger charge is -2.43. The number of carbonyl (C=O) groups excluding carboxylic acids is 1.